The lowest BCUT2D eigenvalue weighted by atomic mass is 10.3. The van der Waals surface area contributed by atoms with Crippen LogP contribution < -0.4 is 5.73 Å². The first-order chi connectivity index (χ1) is 6.76. The molecule has 1 rings (SSSR count). The van der Waals surface area contributed by atoms with E-state index in [0.717, 1.165) is 31.0 Å². The highest BCUT2D eigenvalue weighted by molar-refractivity contribution is 5.12. The molecule has 0 aromatic carbocycles. The number of nitrogens with zero attached hydrogens (tertiary/aromatic N) is 1. The van der Waals surface area contributed by atoms with Gasteiger partial charge in [0.1, 0.15) is 5.76 Å². The number of hydrogen-bond acceptors (Lipinski definition) is 4. The zero-order chi connectivity index (χ0) is 10.4. The van der Waals surface area contributed by atoms with Crippen molar-refractivity contribution in [3.8, 4) is 0 Å². The molecular weight excluding hydrogens is 180 g/mol. The molecule has 1 aromatic rings. The summed E-state index contributed by atoms with van der Waals surface area (Å²) in [4.78, 5) is 2.14. The Kier molecular flexibility index (Phi) is 4.65. The Balaban J connectivity index is 2.35. The smallest absolute Gasteiger partial charge is 0.118 e. The number of likely N-dealkylation sites (N-methyl/N-ethyl adjacent to an activating group) is 1. The summed E-state index contributed by atoms with van der Waals surface area (Å²) < 4.78 is 10.3. The first-order valence-corrected chi connectivity index (χ1v) is 4.70. The molecule has 0 saturated carbocycles. The number of methoxy groups -OCH3 is 1. The van der Waals surface area contributed by atoms with Crippen molar-refractivity contribution >= 4 is 0 Å². The first-order valence-electron chi connectivity index (χ1n) is 4.70. The second-order valence-electron chi connectivity index (χ2n) is 3.36. The summed E-state index contributed by atoms with van der Waals surface area (Å²) in [5, 5.41) is 0. The molecule has 0 bridgehead atoms. The average molecular weight is 198 g/mol. The van der Waals surface area contributed by atoms with E-state index in [-0.39, 0.29) is 0 Å². The quantitative estimate of drug-likeness (QED) is 0.735. The van der Waals surface area contributed by atoms with Gasteiger partial charge in [0.15, 0.2) is 0 Å². The number of furan rings is 1. The molecule has 0 aliphatic heterocycles. The lowest BCUT2D eigenvalue weighted by molar-refractivity contribution is 0.155. The van der Waals surface area contributed by atoms with Gasteiger partial charge in [0.05, 0.1) is 19.4 Å². The van der Waals surface area contributed by atoms with Gasteiger partial charge in [-0.1, -0.05) is 0 Å². The molecular formula is C10H18N2O2. The lowest BCUT2D eigenvalue weighted by Crippen LogP contribution is -2.21. The summed E-state index contributed by atoms with van der Waals surface area (Å²) in [6.07, 6.45) is 1.71. The molecule has 1 aromatic heterocycles. The van der Waals surface area contributed by atoms with Crippen LogP contribution in [0.25, 0.3) is 0 Å². The molecule has 0 unspecified atom stereocenters. The fourth-order valence-electron chi connectivity index (χ4n) is 1.21. The van der Waals surface area contributed by atoms with E-state index in [2.05, 4.69) is 4.90 Å². The van der Waals surface area contributed by atoms with Crippen LogP contribution in [-0.4, -0.2) is 32.2 Å². The summed E-state index contributed by atoms with van der Waals surface area (Å²) in [6, 6.07) is 1.99. The second kappa shape index (κ2) is 5.80. The van der Waals surface area contributed by atoms with E-state index in [1.54, 1.807) is 13.4 Å². The van der Waals surface area contributed by atoms with Gasteiger partial charge in [-0.15, -0.1) is 0 Å². The van der Waals surface area contributed by atoms with E-state index < -0.39 is 0 Å². The van der Waals surface area contributed by atoms with Crippen LogP contribution in [0.3, 0.4) is 0 Å². The fourth-order valence-corrected chi connectivity index (χ4v) is 1.21. The third-order valence-electron chi connectivity index (χ3n) is 2.05. The number of ether oxygens (including phenoxy) is 1. The van der Waals surface area contributed by atoms with E-state index in [1.165, 1.54) is 0 Å². The van der Waals surface area contributed by atoms with Crippen LogP contribution in [0, 0.1) is 0 Å². The van der Waals surface area contributed by atoms with Gasteiger partial charge in [-0.3, -0.25) is 4.90 Å². The molecule has 0 saturated heterocycles. The maximum absolute atomic E-state index is 5.48. The fraction of sp³-hybridized carbons (Fsp3) is 0.600. The maximum Gasteiger partial charge on any atom is 0.118 e. The minimum Gasteiger partial charge on any atom is -0.468 e. The third-order valence-corrected chi connectivity index (χ3v) is 2.05. The van der Waals surface area contributed by atoms with Crippen molar-refractivity contribution in [2.75, 3.05) is 27.3 Å². The number of nitrogens with two attached hydrogens (primary N) is 1. The van der Waals surface area contributed by atoms with Crippen LogP contribution in [0.2, 0.25) is 0 Å². The van der Waals surface area contributed by atoms with E-state index >= 15 is 0 Å². The van der Waals surface area contributed by atoms with Crippen molar-refractivity contribution in [1.82, 2.24) is 4.90 Å². The van der Waals surface area contributed by atoms with E-state index in [9.17, 15) is 0 Å². The van der Waals surface area contributed by atoms with Crippen LogP contribution >= 0.6 is 0 Å². The van der Waals surface area contributed by atoms with Gasteiger partial charge in [-0.05, 0) is 13.1 Å². The molecule has 4 nitrogen and oxygen atoms in total. The standard InChI is InChI=1S/C10H18N2O2/c1-12(3-4-13-2)7-10-5-9(6-11)8-14-10/h5,8H,3-4,6-7,11H2,1-2H3. The van der Waals surface area contributed by atoms with Crippen LogP contribution in [-0.2, 0) is 17.8 Å². The Morgan fingerprint density at radius 3 is 2.93 bits per heavy atom. The largest absolute Gasteiger partial charge is 0.468 e. The zero-order valence-corrected chi connectivity index (χ0v) is 8.82. The normalized spacial score (nSPS) is 11.1. The summed E-state index contributed by atoms with van der Waals surface area (Å²) >= 11 is 0. The topological polar surface area (TPSA) is 51.6 Å². The predicted molar refractivity (Wildman–Crippen MR) is 54.8 cm³/mol. The molecule has 1 heterocycles. The van der Waals surface area contributed by atoms with Gasteiger partial charge in [-0.2, -0.15) is 0 Å². The van der Waals surface area contributed by atoms with Gasteiger partial charge >= 0.3 is 0 Å². The molecule has 80 valence electrons. The monoisotopic (exact) mass is 198 g/mol. The van der Waals surface area contributed by atoms with E-state index in [0.29, 0.717) is 6.54 Å². The molecule has 0 spiro atoms. The molecule has 0 aliphatic carbocycles. The minimum atomic E-state index is 0.533. The SMILES string of the molecule is COCCN(C)Cc1cc(CN)co1. The molecule has 4 heteroatoms. The van der Waals surface area contributed by atoms with Gasteiger partial charge < -0.3 is 14.9 Å². The molecule has 0 amide bonds. The molecule has 0 radical (unpaired) electrons. The van der Waals surface area contributed by atoms with E-state index in [4.69, 9.17) is 14.9 Å². The van der Waals surface area contributed by atoms with Crippen LogP contribution in [0.1, 0.15) is 11.3 Å². The Bertz CT molecular complexity index is 260. The maximum atomic E-state index is 5.48. The highest BCUT2D eigenvalue weighted by Gasteiger charge is 2.04. The van der Waals surface area contributed by atoms with Gasteiger partial charge in [0.2, 0.25) is 0 Å². The predicted octanol–water partition coefficient (Wildman–Crippen LogP) is 0.817. The van der Waals surface area contributed by atoms with Crippen LogP contribution in [0.5, 0.6) is 0 Å². The van der Waals surface area contributed by atoms with Gasteiger partial charge in [-0.25, -0.2) is 0 Å². The Labute approximate surface area is 84.6 Å². The zero-order valence-electron chi connectivity index (χ0n) is 8.82. The summed E-state index contributed by atoms with van der Waals surface area (Å²) in [5.41, 5.74) is 6.52. The first kappa shape index (κ1) is 11.2. The van der Waals surface area contributed by atoms with Crippen molar-refractivity contribution in [1.29, 1.82) is 0 Å². The van der Waals surface area contributed by atoms with Gasteiger partial charge in [0, 0.05) is 25.8 Å². The molecule has 2 N–H and O–H groups in total. The summed E-state index contributed by atoms with van der Waals surface area (Å²) in [6.45, 7) is 2.96. The summed E-state index contributed by atoms with van der Waals surface area (Å²) in [5.74, 6) is 0.948. The molecule has 0 fully saturated rings. The molecule has 14 heavy (non-hydrogen) atoms. The van der Waals surface area contributed by atoms with Crippen LogP contribution in [0.4, 0.5) is 0 Å². The van der Waals surface area contributed by atoms with Crippen molar-refractivity contribution in [3.63, 3.8) is 0 Å². The van der Waals surface area contributed by atoms with Crippen LogP contribution in [0.15, 0.2) is 16.7 Å². The molecule has 0 atom stereocenters. The third kappa shape index (κ3) is 3.49. The Morgan fingerprint density at radius 1 is 1.57 bits per heavy atom. The highest BCUT2D eigenvalue weighted by Crippen LogP contribution is 2.08. The average Bonchev–Trinajstić information content (AvgIpc) is 2.62. The van der Waals surface area contributed by atoms with E-state index in [1.807, 2.05) is 13.1 Å². The van der Waals surface area contributed by atoms with Crippen molar-refractivity contribution in [2.45, 2.75) is 13.1 Å². The highest BCUT2D eigenvalue weighted by atomic mass is 16.5. The molecule has 0 aliphatic rings. The van der Waals surface area contributed by atoms with Crippen molar-refractivity contribution in [2.24, 2.45) is 5.73 Å². The summed E-state index contributed by atoms with van der Waals surface area (Å²) in [7, 11) is 3.73. The number of rotatable bonds is 6. The van der Waals surface area contributed by atoms with Crippen molar-refractivity contribution in [3.05, 3.63) is 23.7 Å². The number of hydrogen-bond donors (Lipinski definition) is 1. The Hall–Kier alpha value is -0.840. The minimum absolute atomic E-state index is 0.533. The lowest BCUT2D eigenvalue weighted by Gasteiger charge is -2.13. The van der Waals surface area contributed by atoms with Gasteiger partial charge in [0.25, 0.3) is 0 Å². The Morgan fingerprint density at radius 2 is 2.36 bits per heavy atom. The van der Waals surface area contributed by atoms with Crippen molar-refractivity contribution < 1.29 is 9.15 Å². The second-order valence-corrected chi connectivity index (χ2v) is 3.36.